The second-order valence-electron chi connectivity index (χ2n) is 5.32. The van der Waals surface area contributed by atoms with Gasteiger partial charge in [0, 0.05) is 12.6 Å². The molecule has 2 aromatic rings. The maximum Gasteiger partial charge on any atom is 0.224 e. The van der Waals surface area contributed by atoms with Crippen molar-refractivity contribution < 1.29 is 4.74 Å². The van der Waals surface area contributed by atoms with E-state index in [1.807, 2.05) is 19.9 Å². The van der Waals surface area contributed by atoms with Gasteiger partial charge < -0.3 is 10.1 Å². The number of aromatic nitrogens is 2. The summed E-state index contributed by atoms with van der Waals surface area (Å²) in [7, 11) is 0. The molecule has 0 fully saturated rings. The molecule has 0 bridgehead atoms. The molecule has 0 amide bonds. The molecular formula is C17H23N3O. The number of hydrogen-bond acceptors (Lipinski definition) is 4. The molecule has 1 N–H and O–H groups in total. The lowest BCUT2D eigenvalue weighted by molar-refractivity contribution is 0.453. The summed E-state index contributed by atoms with van der Waals surface area (Å²) in [6.45, 7) is 11.1. The van der Waals surface area contributed by atoms with Gasteiger partial charge in [0.2, 0.25) is 5.88 Å². The van der Waals surface area contributed by atoms with Gasteiger partial charge in [-0.1, -0.05) is 19.1 Å². The Bertz CT molecular complexity index is 638. The van der Waals surface area contributed by atoms with Crippen molar-refractivity contribution in [3.05, 3.63) is 40.7 Å². The average Bonchev–Trinajstić information content (AvgIpc) is 2.45. The van der Waals surface area contributed by atoms with Crippen molar-refractivity contribution in [1.82, 2.24) is 9.97 Å². The van der Waals surface area contributed by atoms with Gasteiger partial charge in [0.1, 0.15) is 17.4 Å². The topological polar surface area (TPSA) is 47.0 Å². The Kier molecular flexibility index (Phi) is 4.78. The largest absolute Gasteiger partial charge is 0.438 e. The Hall–Kier alpha value is -2.10. The first-order valence-electron chi connectivity index (χ1n) is 7.35. The Morgan fingerprint density at radius 3 is 2.48 bits per heavy atom. The summed E-state index contributed by atoms with van der Waals surface area (Å²) in [5.74, 6) is 2.98. The van der Waals surface area contributed by atoms with E-state index in [1.165, 1.54) is 5.56 Å². The fourth-order valence-electron chi connectivity index (χ4n) is 2.12. The average molecular weight is 285 g/mol. The van der Waals surface area contributed by atoms with Crippen LogP contribution in [0.25, 0.3) is 0 Å². The summed E-state index contributed by atoms with van der Waals surface area (Å²) in [6, 6.07) is 6.03. The van der Waals surface area contributed by atoms with Gasteiger partial charge in [0.15, 0.2) is 0 Å². The van der Waals surface area contributed by atoms with Crippen LogP contribution < -0.4 is 10.1 Å². The number of rotatable bonds is 5. The molecule has 0 aliphatic carbocycles. The lowest BCUT2D eigenvalue weighted by Crippen LogP contribution is -2.05. The lowest BCUT2D eigenvalue weighted by Gasteiger charge is -2.14. The Labute approximate surface area is 126 Å². The van der Waals surface area contributed by atoms with E-state index in [-0.39, 0.29) is 0 Å². The second kappa shape index (κ2) is 6.57. The monoisotopic (exact) mass is 285 g/mol. The Morgan fingerprint density at radius 2 is 1.76 bits per heavy atom. The predicted octanol–water partition coefficient (Wildman–Crippen LogP) is 4.32. The first-order chi connectivity index (χ1) is 10.0. The van der Waals surface area contributed by atoms with Gasteiger partial charge in [-0.25, -0.2) is 4.98 Å². The number of benzene rings is 1. The van der Waals surface area contributed by atoms with Crippen molar-refractivity contribution in [3.8, 4) is 11.6 Å². The zero-order valence-electron chi connectivity index (χ0n) is 13.4. The van der Waals surface area contributed by atoms with Gasteiger partial charge >= 0.3 is 0 Å². The molecule has 0 aliphatic rings. The molecule has 0 radical (unpaired) electrons. The summed E-state index contributed by atoms with van der Waals surface area (Å²) in [6.07, 6.45) is 1.05. The standard InChI is InChI=1S/C17H23N3O/c1-6-9-18-15-10-16(20-14(5)19-15)21-17-12(3)8-7-11(2)13(17)4/h7-8,10H,6,9H2,1-5H3,(H,18,19,20). The minimum atomic E-state index is 0.581. The van der Waals surface area contributed by atoms with Crippen molar-refractivity contribution in [2.24, 2.45) is 0 Å². The summed E-state index contributed by atoms with van der Waals surface area (Å²) in [5, 5.41) is 3.27. The molecule has 4 heteroatoms. The molecule has 0 aliphatic heterocycles. The molecule has 0 unspecified atom stereocenters. The molecule has 0 saturated heterocycles. The van der Waals surface area contributed by atoms with Crippen molar-refractivity contribution in [1.29, 1.82) is 0 Å². The minimum Gasteiger partial charge on any atom is -0.438 e. The minimum absolute atomic E-state index is 0.581. The molecule has 21 heavy (non-hydrogen) atoms. The molecular weight excluding hydrogens is 262 g/mol. The van der Waals surface area contributed by atoms with E-state index in [9.17, 15) is 0 Å². The van der Waals surface area contributed by atoms with Crippen LogP contribution in [0, 0.1) is 27.7 Å². The van der Waals surface area contributed by atoms with Crippen LogP contribution in [0.2, 0.25) is 0 Å². The third-order valence-electron chi connectivity index (χ3n) is 3.45. The lowest BCUT2D eigenvalue weighted by atomic mass is 10.1. The first-order valence-corrected chi connectivity index (χ1v) is 7.35. The number of anilines is 1. The van der Waals surface area contributed by atoms with Gasteiger partial charge in [0.05, 0.1) is 0 Å². The molecule has 112 valence electrons. The summed E-state index contributed by atoms with van der Waals surface area (Å²) >= 11 is 0. The fourth-order valence-corrected chi connectivity index (χ4v) is 2.12. The number of nitrogens with one attached hydrogen (secondary N) is 1. The molecule has 1 aromatic carbocycles. The van der Waals surface area contributed by atoms with Crippen molar-refractivity contribution in [2.45, 2.75) is 41.0 Å². The maximum absolute atomic E-state index is 6.03. The highest BCUT2D eigenvalue weighted by Gasteiger charge is 2.10. The van der Waals surface area contributed by atoms with Gasteiger partial charge in [-0.05, 0) is 50.8 Å². The van der Waals surface area contributed by atoms with E-state index in [0.717, 1.165) is 35.7 Å². The van der Waals surface area contributed by atoms with E-state index in [0.29, 0.717) is 11.7 Å². The third kappa shape index (κ3) is 3.72. The van der Waals surface area contributed by atoms with Gasteiger partial charge in [-0.2, -0.15) is 4.98 Å². The number of ether oxygens (including phenoxy) is 1. The van der Waals surface area contributed by atoms with Crippen LogP contribution in [0.4, 0.5) is 5.82 Å². The summed E-state index contributed by atoms with van der Waals surface area (Å²) in [5.41, 5.74) is 3.47. The maximum atomic E-state index is 6.03. The van der Waals surface area contributed by atoms with E-state index >= 15 is 0 Å². The quantitative estimate of drug-likeness (QED) is 0.888. The van der Waals surface area contributed by atoms with Crippen LogP contribution in [-0.2, 0) is 0 Å². The molecule has 2 rings (SSSR count). The smallest absolute Gasteiger partial charge is 0.224 e. The van der Waals surface area contributed by atoms with Crippen molar-refractivity contribution in [3.63, 3.8) is 0 Å². The van der Waals surface area contributed by atoms with E-state index in [2.05, 4.69) is 48.2 Å². The second-order valence-corrected chi connectivity index (χ2v) is 5.32. The normalized spacial score (nSPS) is 10.5. The first kappa shape index (κ1) is 15.3. The molecule has 0 atom stereocenters. The van der Waals surface area contributed by atoms with E-state index < -0.39 is 0 Å². The highest BCUT2D eigenvalue weighted by Crippen LogP contribution is 2.30. The van der Waals surface area contributed by atoms with Crippen LogP contribution in [-0.4, -0.2) is 16.5 Å². The highest BCUT2D eigenvalue weighted by atomic mass is 16.5. The van der Waals surface area contributed by atoms with Gasteiger partial charge in [-0.3, -0.25) is 0 Å². The Balaban J connectivity index is 2.31. The predicted molar refractivity (Wildman–Crippen MR) is 86.3 cm³/mol. The summed E-state index contributed by atoms with van der Waals surface area (Å²) in [4.78, 5) is 8.75. The SMILES string of the molecule is CCCNc1cc(Oc2c(C)ccc(C)c2C)nc(C)n1. The molecule has 0 spiro atoms. The third-order valence-corrected chi connectivity index (χ3v) is 3.45. The molecule has 1 aromatic heterocycles. The number of nitrogens with zero attached hydrogens (tertiary/aromatic N) is 2. The molecule has 1 heterocycles. The Morgan fingerprint density at radius 1 is 1.05 bits per heavy atom. The zero-order valence-corrected chi connectivity index (χ0v) is 13.4. The molecule has 0 saturated carbocycles. The van der Waals surface area contributed by atoms with Crippen LogP contribution in [0.1, 0.15) is 35.9 Å². The number of hydrogen-bond donors (Lipinski definition) is 1. The van der Waals surface area contributed by atoms with E-state index in [4.69, 9.17) is 4.74 Å². The van der Waals surface area contributed by atoms with Crippen LogP contribution >= 0.6 is 0 Å². The van der Waals surface area contributed by atoms with E-state index in [1.54, 1.807) is 0 Å². The van der Waals surface area contributed by atoms with Crippen LogP contribution in [0.3, 0.4) is 0 Å². The van der Waals surface area contributed by atoms with Crippen molar-refractivity contribution in [2.75, 3.05) is 11.9 Å². The van der Waals surface area contributed by atoms with Gasteiger partial charge in [0.25, 0.3) is 0 Å². The van der Waals surface area contributed by atoms with Crippen LogP contribution in [0.15, 0.2) is 18.2 Å². The fraction of sp³-hybridized carbons (Fsp3) is 0.412. The van der Waals surface area contributed by atoms with Gasteiger partial charge in [-0.15, -0.1) is 0 Å². The van der Waals surface area contributed by atoms with Crippen LogP contribution in [0.5, 0.6) is 11.6 Å². The zero-order chi connectivity index (χ0) is 15.4. The highest BCUT2D eigenvalue weighted by molar-refractivity contribution is 5.47. The molecule has 4 nitrogen and oxygen atoms in total. The van der Waals surface area contributed by atoms with Crippen molar-refractivity contribution >= 4 is 5.82 Å². The number of aryl methyl sites for hydroxylation is 3. The summed E-state index contributed by atoms with van der Waals surface area (Å²) < 4.78 is 6.03.